The predicted molar refractivity (Wildman–Crippen MR) is 133 cm³/mol. The monoisotopic (exact) mass is 509 g/mol. The molecule has 0 radical (unpaired) electrons. The van der Waals surface area contributed by atoms with E-state index in [9.17, 15) is 4.79 Å². The van der Waals surface area contributed by atoms with Crippen LogP contribution in [0.5, 0.6) is 0 Å². The Labute approximate surface area is 197 Å². The topological polar surface area (TPSA) is 67.2 Å². The van der Waals surface area contributed by atoms with Crippen LogP contribution in [0, 0.1) is 0 Å². The Morgan fingerprint density at radius 1 is 1.03 bits per heavy atom. The van der Waals surface area contributed by atoms with Gasteiger partial charge in [-0.2, -0.15) is 0 Å². The minimum atomic E-state index is -0.361. The van der Waals surface area contributed by atoms with E-state index < -0.39 is 0 Å². The molecule has 2 heterocycles. The molecule has 154 valence electrons. The summed E-state index contributed by atoms with van der Waals surface area (Å²) in [6, 6.07) is 21.3. The lowest BCUT2D eigenvalue weighted by atomic mass is 10.2. The molecule has 5 nitrogen and oxygen atoms in total. The average molecular weight is 510 g/mol. The fraction of sp³-hybridized carbons (Fsp3) is 0. The summed E-state index contributed by atoms with van der Waals surface area (Å²) in [5, 5.41) is 8.25. The highest BCUT2D eigenvalue weighted by Gasteiger charge is 2.08. The van der Waals surface area contributed by atoms with E-state index >= 15 is 0 Å². The number of furan rings is 1. The number of carbonyl (C=O) groups is 1. The number of hydrogen-bond donors (Lipinski definition) is 2. The Morgan fingerprint density at radius 3 is 2.58 bits per heavy atom. The summed E-state index contributed by atoms with van der Waals surface area (Å²) in [5.41, 5.74) is 2.81. The van der Waals surface area contributed by atoms with Crippen LogP contribution in [0.3, 0.4) is 0 Å². The molecule has 0 atom stereocenters. The Balaban J connectivity index is 1.31. The SMILES string of the molecule is O=C(/C=C/c1ccc(-c2ccccc2)o1)NC(=S)Nc1nc(-c2ccc(Br)cc2)cs1. The minimum absolute atomic E-state index is 0.177. The highest BCUT2D eigenvalue weighted by atomic mass is 79.9. The minimum Gasteiger partial charge on any atom is -0.457 e. The van der Waals surface area contributed by atoms with E-state index in [2.05, 4.69) is 31.5 Å². The number of rotatable bonds is 5. The Hall–Kier alpha value is -3.07. The van der Waals surface area contributed by atoms with E-state index in [1.807, 2.05) is 72.1 Å². The first-order chi connectivity index (χ1) is 15.1. The zero-order chi connectivity index (χ0) is 21.6. The maximum Gasteiger partial charge on any atom is 0.250 e. The van der Waals surface area contributed by atoms with Crippen LogP contribution in [0.4, 0.5) is 5.13 Å². The van der Waals surface area contributed by atoms with Gasteiger partial charge < -0.3 is 9.73 Å². The third-order valence-electron chi connectivity index (χ3n) is 4.19. The molecule has 1 amide bonds. The standard InChI is InChI=1S/C23H16BrN3O2S2/c24-17-8-6-15(7-9-17)19-14-31-23(25-19)27-22(30)26-21(28)13-11-18-10-12-20(29-18)16-4-2-1-3-5-16/h1-14H,(H2,25,26,27,28,30)/b13-11+. The summed E-state index contributed by atoms with van der Waals surface area (Å²) < 4.78 is 6.75. The summed E-state index contributed by atoms with van der Waals surface area (Å²) >= 11 is 10.0. The van der Waals surface area contributed by atoms with Crippen molar-refractivity contribution in [1.29, 1.82) is 0 Å². The van der Waals surface area contributed by atoms with Gasteiger partial charge in [-0.25, -0.2) is 4.98 Å². The van der Waals surface area contributed by atoms with Crippen LogP contribution < -0.4 is 10.6 Å². The van der Waals surface area contributed by atoms with Crippen LogP contribution in [-0.2, 0) is 4.79 Å². The highest BCUT2D eigenvalue weighted by Crippen LogP contribution is 2.26. The molecular weight excluding hydrogens is 494 g/mol. The number of nitrogens with zero attached hydrogens (tertiary/aromatic N) is 1. The van der Waals surface area contributed by atoms with E-state index in [4.69, 9.17) is 16.6 Å². The quantitative estimate of drug-likeness (QED) is 0.242. The van der Waals surface area contributed by atoms with Crippen LogP contribution >= 0.6 is 39.5 Å². The normalized spacial score (nSPS) is 10.9. The smallest absolute Gasteiger partial charge is 0.250 e. The van der Waals surface area contributed by atoms with Gasteiger partial charge in [0.05, 0.1) is 5.69 Å². The Kier molecular flexibility index (Phi) is 6.71. The van der Waals surface area contributed by atoms with E-state index in [0.717, 1.165) is 27.1 Å². The lowest BCUT2D eigenvalue weighted by Crippen LogP contribution is -2.32. The molecule has 0 unspecified atom stereocenters. The van der Waals surface area contributed by atoms with Gasteiger partial charge in [-0.05, 0) is 42.6 Å². The molecule has 0 fully saturated rings. The molecule has 2 aromatic heterocycles. The first kappa shape index (κ1) is 21.2. The van der Waals surface area contributed by atoms with Gasteiger partial charge in [-0.15, -0.1) is 11.3 Å². The summed E-state index contributed by atoms with van der Waals surface area (Å²) in [6.07, 6.45) is 2.97. The fourth-order valence-electron chi connectivity index (χ4n) is 2.72. The zero-order valence-corrected chi connectivity index (χ0v) is 19.3. The first-order valence-electron chi connectivity index (χ1n) is 9.23. The van der Waals surface area contributed by atoms with Crippen molar-refractivity contribution in [1.82, 2.24) is 10.3 Å². The van der Waals surface area contributed by atoms with Gasteiger partial charge >= 0.3 is 0 Å². The largest absolute Gasteiger partial charge is 0.457 e. The molecule has 0 aliphatic rings. The second kappa shape index (κ2) is 9.82. The molecule has 4 aromatic rings. The van der Waals surface area contributed by atoms with E-state index in [-0.39, 0.29) is 11.0 Å². The predicted octanol–water partition coefficient (Wildman–Crippen LogP) is 6.36. The molecule has 0 saturated carbocycles. The van der Waals surface area contributed by atoms with Crippen molar-refractivity contribution < 1.29 is 9.21 Å². The third kappa shape index (κ3) is 5.75. The molecule has 8 heteroatoms. The molecule has 0 aliphatic heterocycles. The van der Waals surface area contributed by atoms with Crippen LogP contribution in [-0.4, -0.2) is 16.0 Å². The summed E-state index contributed by atoms with van der Waals surface area (Å²) in [6.45, 7) is 0. The number of benzene rings is 2. The molecule has 31 heavy (non-hydrogen) atoms. The highest BCUT2D eigenvalue weighted by molar-refractivity contribution is 9.10. The molecule has 0 saturated heterocycles. The van der Waals surface area contributed by atoms with E-state index in [0.29, 0.717) is 10.9 Å². The number of aromatic nitrogens is 1. The van der Waals surface area contributed by atoms with Gasteiger partial charge in [0, 0.05) is 27.1 Å². The average Bonchev–Trinajstić information content (AvgIpc) is 3.43. The Morgan fingerprint density at radius 2 is 1.81 bits per heavy atom. The molecular formula is C23H16BrN3O2S2. The Bertz CT molecular complexity index is 1230. The lowest BCUT2D eigenvalue weighted by Gasteiger charge is -2.04. The first-order valence-corrected chi connectivity index (χ1v) is 11.3. The number of hydrogen-bond acceptors (Lipinski definition) is 5. The van der Waals surface area contributed by atoms with Crippen LogP contribution in [0.1, 0.15) is 5.76 Å². The second-order valence-electron chi connectivity index (χ2n) is 6.39. The number of anilines is 1. The third-order valence-corrected chi connectivity index (χ3v) is 5.68. The van der Waals surface area contributed by atoms with E-state index in [1.54, 1.807) is 6.08 Å². The summed E-state index contributed by atoms with van der Waals surface area (Å²) in [4.78, 5) is 16.7. The van der Waals surface area contributed by atoms with Gasteiger partial charge in [0.2, 0.25) is 5.91 Å². The van der Waals surface area contributed by atoms with Gasteiger partial charge in [0.1, 0.15) is 11.5 Å². The maximum atomic E-state index is 12.2. The van der Waals surface area contributed by atoms with Crippen molar-refractivity contribution in [3.05, 3.63) is 88.4 Å². The molecule has 0 aliphatic carbocycles. The molecule has 0 spiro atoms. The van der Waals surface area contributed by atoms with Crippen molar-refractivity contribution in [2.24, 2.45) is 0 Å². The molecule has 4 rings (SSSR count). The van der Waals surface area contributed by atoms with Crippen molar-refractivity contribution >= 4 is 61.7 Å². The summed E-state index contributed by atoms with van der Waals surface area (Å²) in [7, 11) is 0. The number of thiocarbonyl (C=S) groups is 1. The summed E-state index contributed by atoms with van der Waals surface area (Å²) in [5.74, 6) is 0.954. The number of thiazole rings is 1. The number of amides is 1. The number of nitrogens with one attached hydrogen (secondary N) is 2. The van der Waals surface area contributed by atoms with Crippen molar-refractivity contribution in [3.8, 4) is 22.6 Å². The van der Waals surface area contributed by atoms with E-state index in [1.165, 1.54) is 17.4 Å². The van der Waals surface area contributed by atoms with Gasteiger partial charge in [-0.3, -0.25) is 10.1 Å². The van der Waals surface area contributed by atoms with Gasteiger partial charge in [0.25, 0.3) is 0 Å². The van der Waals surface area contributed by atoms with Crippen molar-refractivity contribution in [2.45, 2.75) is 0 Å². The fourth-order valence-corrected chi connectivity index (χ4v) is 3.97. The molecule has 2 N–H and O–H groups in total. The van der Waals surface area contributed by atoms with Gasteiger partial charge in [0.15, 0.2) is 10.2 Å². The van der Waals surface area contributed by atoms with Crippen LogP contribution in [0.15, 0.2) is 87.1 Å². The zero-order valence-electron chi connectivity index (χ0n) is 16.0. The molecule has 2 aromatic carbocycles. The van der Waals surface area contributed by atoms with Crippen LogP contribution in [0.2, 0.25) is 0 Å². The molecule has 0 bridgehead atoms. The van der Waals surface area contributed by atoms with Crippen LogP contribution in [0.25, 0.3) is 28.7 Å². The number of halogens is 1. The second-order valence-corrected chi connectivity index (χ2v) is 8.57. The van der Waals surface area contributed by atoms with Crippen molar-refractivity contribution in [2.75, 3.05) is 5.32 Å². The maximum absolute atomic E-state index is 12.2. The lowest BCUT2D eigenvalue weighted by molar-refractivity contribution is -0.115. The van der Waals surface area contributed by atoms with Gasteiger partial charge in [-0.1, -0.05) is 58.4 Å². The number of carbonyl (C=O) groups excluding carboxylic acids is 1. The van der Waals surface area contributed by atoms with Crippen molar-refractivity contribution in [3.63, 3.8) is 0 Å².